The number of nitrogens with one attached hydrogen (secondary N) is 2. The van der Waals surface area contributed by atoms with Gasteiger partial charge in [-0.25, -0.2) is 5.10 Å². The fourth-order valence-corrected chi connectivity index (χ4v) is 4.83. The number of para-hydroxylation sites is 1. The molecule has 5 rings (SSSR count). The number of nitrogens with zero attached hydrogens (tertiary/aromatic N) is 2. The number of benzene rings is 3. The maximum atomic E-state index is 12.8. The summed E-state index contributed by atoms with van der Waals surface area (Å²) in [6.45, 7) is 2.69. The van der Waals surface area contributed by atoms with Crippen LogP contribution < -0.4 is 14.9 Å². The van der Waals surface area contributed by atoms with Crippen molar-refractivity contribution in [3.63, 3.8) is 0 Å². The summed E-state index contributed by atoms with van der Waals surface area (Å²) in [5, 5.41) is 11.3. The number of carbonyl (C=O) groups excluding carboxylic acids is 1. The zero-order chi connectivity index (χ0) is 24.9. The number of aromatic amines is 1. The van der Waals surface area contributed by atoms with Crippen LogP contribution in [0.5, 0.6) is 5.75 Å². The van der Waals surface area contributed by atoms with Crippen LogP contribution in [-0.4, -0.2) is 27.6 Å². The summed E-state index contributed by atoms with van der Waals surface area (Å²) in [4.78, 5) is 28.8. The molecule has 0 bridgehead atoms. The minimum absolute atomic E-state index is 0.207. The van der Waals surface area contributed by atoms with Gasteiger partial charge >= 0.3 is 4.87 Å². The highest BCUT2D eigenvalue weighted by atomic mass is 32.1. The van der Waals surface area contributed by atoms with Crippen LogP contribution in [0.25, 0.3) is 10.9 Å². The molecule has 8 heteroatoms. The van der Waals surface area contributed by atoms with Crippen molar-refractivity contribution >= 4 is 28.1 Å². The third-order valence-corrected chi connectivity index (χ3v) is 6.72. The van der Waals surface area contributed by atoms with Crippen LogP contribution in [0, 0.1) is 6.92 Å². The van der Waals surface area contributed by atoms with E-state index in [1.165, 1.54) is 0 Å². The quantitative estimate of drug-likeness (QED) is 0.321. The van der Waals surface area contributed by atoms with Crippen LogP contribution >= 0.6 is 11.3 Å². The Morgan fingerprint density at radius 2 is 1.78 bits per heavy atom. The molecule has 0 spiro atoms. The summed E-state index contributed by atoms with van der Waals surface area (Å²) < 4.78 is 6.01. The molecular formula is C28H24N4O3S. The number of aromatic nitrogens is 3. The SMILES string of the molecule is Cc1cc(COc2ccc(C(=O)NCC(c3ccccc3)c3n[nH]c(=O)s3)cc2)c2ccccc2n1. The average Bonchev–Trinajstić information content (AvgIpc) is 3.34. The first-order valence-electron chi connectivity index (χ1n) is 11.5. The van der Waals surface area contributed by atoms with Crippen molar-refractivity contribution in [1.82, 2.24) is 20.5 Å². The first-order chi connectivity index (χ1) is 17.6. The molecule has 3 aromatic carbocycles. The van der Waals surface area contributed by atoms with Crippen LogP contribution in [0.15, 0.2) is 89.7 Å². The number of rotatable bonds is 8. The molecule has 1 atom stereocenters. The lowest BCUT2D eigenvalue weighted by atomic mass is 9.99. The lowest BCUT2D eigenvalue weighted by Crippen LogP contribution is -2.28. The van der Waals surface area contributed by atoms with Gasteiger partial charge in [-0.2, -0.15) is 5.10 Å². The topological polar surface area (TPSA) is 97.0 Å². The highest BCUT2D eigenvalue weighted by Crippen LogP contribution is 2.24. The molecule has 0 aliphatic rings. The van der Waals surface area contributed by atoms with Gasteiger partial charge in [0.05, 0.1) is 11.4 Å². The van der Waals surface area contributed by atoms with Gasteiger partial charge in [0.2, 0.25) is 0 Å². The molecule has 0 radical (unpaired) electrons. The Morgan fingerprint density at radius 3 is 2.53 bits per heavy atom. The van der Waals surface area contributed by atoms with Crippen molar-refractivity contribution < 1.29 is 9.53 Å². The number of H-pyrrole nitrogens is 1. The first-order valence-corrected chi connectivity index (χ1v) is 12.3. The van der Waals surface area contributed by atoms with Crippen molar-refractivity contribution in [3.8, 4) is 5.75 Å². The summed E-state index contributed by atoms with van der Waals surface area (Å²) in [6, 6.07) is 26.8. The van der Waals surface area contributed by atoms with Crippen LogP contribution in [0.2, 0.25) is 0 Å². The Labute approximate surface area is 211 Å². The Hall–Kier alpha value is -4.30. The highest BCUT2D eigenvalue weighted by molar-refractivity contribution is 7.09. The minimum Gasteiger partial charge on any atom is -0.489 e. The molecule has 0 fully saturated rings. The fourth-order valence-electron chi connectivity index (χ4n) is 4.10. The second-order valence-corrected chi connectivity index (χ2v) is 9.37. The van der Waals surface area contributed by atoms with Gasteiger partial charge in [0.25, 0.3) is 5.91 Å². The highest BCUT2D eigenvalue weighted by Gasteiger charge is 2.19. The number of hydrogen-bond acceptors (Lipinski definition) is 6. The van der Waals surface area contributed by atoms with Gasteiger partial charge in [0.15, 0.2) is 0 Å². The predicted molar refractivity (Wildman–Crippen MR) is 141 cm³/mol. The summed E-state index contributed by atoms with van der Waals surface area (Å²) in [6.07, 6.45) is 0. The second-order valence-electron chi connectivity index (χ2n) is 8.38. The van der Waals surface area contributed by atoms with Crippen molar-refractivity contribution in [2.45, 2.75) is 19.4 Å². The molecule has 2 N–H and O–H groups in total. The van der Waals surface area contributed by atoms with Gasteiger partial charge in [-0.3, -0.25) is 14.6 Å². The summed E-state index contributed by atoms with van der Waals surface area (Å²) in [7, 11) is 0. The third-order valence-electron chi connectivity index (χ3n) is 5.86. The largest absolute Gasteiger partial charge is 0.489 e. The summed E-state index contributed by atoms with van der Waals surface area (Å²) >= 11 is 1.05. The normalized spacial score (nSPS) is 11.8. The zero-order valence-electron chi connectivity index (χ0n) is 19.6. The lowest BCUT2D eigenvalue weighted by Gasteiger charge is -2.15. The monoisotopic (exact) mass is 496 g/mol. The molecule has 2 heterocycles. The van der Waals surface area contributed by atoms with E-state index in [0.29, 0.717) is 29.5 Å². The van der Waals surface area contributed by atoms with Crippen LogP contribution in [0.1, 0.15) is 38.1 Å². The standard InChI is InChI=1S/C28H24N4O3S/c1-18-15-21(23-9-5-6-10-25(23)30-18)17-35-22-13-11-20(12-14-22)26(33)29-16-24(19-7-3-2-4-8-19)27-31-32-28(34)36-27/h2-15,24H,16-17H2,1H3,(H,29,33)(H,32,34). The van der Waals surface area contributed by atoms with E-state index in [1.54, 1.807) is 24.3 Å². The average molecular weight is 497 g/mol. The molecule has 5 aromatic rings. The number of carbonyl (C=O) groups is 1. The van der Waals surface area contributed by atoms with Crippen molar-refractivity contribution in [2.75, 3.05) is 6.54 Å². The molecule has 0 aliphatic carbocycles. The molecule has 180 valence electrons. The maximum absolute atomic E-state index is 12.8. The minimum atomic E-state index is -0.222. The molecular weight excluding hydrogens is 472 g/mol. The van der Waals surface area contributed by atoms with E-state index in [4.69, 9.17) is 4.74 Å². The molecule has 0 saturated carbocycles. The zero-order valence-corrected chi connectivity index (χ0v) is 20.4. The van der Waals surface area contributed by atoms with E-state index in [1.807, 2.05) is 67.6 Å². The van der Waals surface area contributed by atoms with E-state index < -0.39 is 0 Å². The lowest BCUT2D eigenvalue weighted by molar-refractivity contribution is 0.0952. The fraction of sp³-hybridized carbons (Fsp3) is 0.143. The van der Waals surface area contributed by atoms with E-state index in [2.05, 4.69) is 20.5 Å². The van der Waals surface area contributed by atoms with Gasteiger partial charge < -0.3 is 10.1 Å². The van der Waals surface area contributed by atoms with Gasteiger partial charge in [-0.15, -0.1) is 0 Å². The van der Waals surface area contributed by atoms with E-state index in [-0.39, 0.29) is 16.7 Å². The number of hydrogen-bond donors (Lipinski definition) is 2. The van der Waals surface area contributed by atoms with E-state index >= 15 is 0 Å². The first kappa shape index (κ1) is 23.4. The van der Waals surface area contributed by atoms with Gasteiger partial charge in [-0.05, 0) is 48.9 Å². The van der Waals surface area contributed by atoms with Gasteiger partial charge in [0.1, 0.15) is 17.4 Å². The summed E-state index contributed by atoms with van der Waals surface area (Å²) in [5.41, 5.74) is 4.44. The molecule has 0 aliphatic heterocycles. The summed E-state index contributed by atoms with van der Waals surface area (Å²) in [5.74, 6) is 0.245. The molecule has 0 saturated heterocycles. The molecule has 1 amide bonds. The molecule has 2 aromatic heterocycles. The Balaban J connectivity index is 1.24. The Morgan fingerprint density at radius 1 is 1.03 bits per heavy atom. The number of aryl methyl sites for hydroxylation is 1. The predicted octanol–water partition coefficient (Wildman–Crippen LogP) is 4.83. The third kappa shape index (κ3) is 5.34. The van der Waals surface area contributed by atoms with Crippen molar-refractivity contribution in [2.24, 2.45) is 0 Å². The van der Waals surface area contributed by atoms with Crippen LogP contribution in [-0.2, 0) is 6.61 Å². The van der Waals surface area contributed by atoms with Crippen LogP contribution in [0.4, 0.5) is 0 Å². The van der Waals surface area contributed by atoms with Crippen LogP contribution in [0.3, 0.4) is 0 Å². The smallest absolute Gasteiger partial charge is 0.322 e. The Bertz CT molecular complexity index is 1540. The van der Waals surface area contributed by atoms with Gasteiger partial charge in [-0.1, -0.05) is 59.9 Å². The number of amides is 1. The Kier molecular flexibility index (Phi) is 6.86. The van der Waals surface area contributed by atoms with E-state index in [9.17, 15) is 9.59 Å². The number of fused-ring (bicyclic) bond motifs is 1. The maximum Gasteiger partial charge on any atom is 0.322 e. The van der Waals surface area contributed by atoms with E-state index in [0.717, 1.165) is 39.1 Å². The molecule has 1 unspecified atom stereocenters. The van der Waals surface area contributed by atoms with Gasteiger partial charge in [0, 0.05) is 28.8 Å². The second kappa shape index (κ2) is 10.5. The number of pyridine rings is 1. The molecule has 36 heavy (non-hydrogen) atoms. The van der Waals surface area contributed by atoms with Crippen molar-refractivity contribution in [3.05, 3.63) is 122 Å². The molecule has 7 nitrogen and oxygen atoms in total. The number of ether oxygens (including phenoxy) is 1. The van der Waals surface area contributed by atoms with Crippen molar-refractivity contribution in [1.29, 1.82) is 0 Å².